The van der Waals surface area contributed by atoms with Crippen LogP contribution in [0.15, 0.2) is 29.2 Å². The molecule has 0 saturated carbocycles. The zero-order valence-electron chi connectivity index (χ0n) is 10.1. The summed E-state index contributed by atoms with van der Waals surface area (Å²) >= 11 is 0. The molecule has 0 heterocycles. The molecular weight excluding hydrogens is 254 g/mol. The lowest BCUT2D eigenvalue weighted by Crippen LogP contribution is -2.09. The van der Waals surface area contributed by atoms with Crippen LogP contribution in [-0.4, -0.2) is 25.3 Å². The van der Waals surface area contributed by atoms with E-state index in [4.69, 9.17) is 4.74 Å². The third-order valence-corrected chi connectivity index (χ3v) is 4.45. The molecule has 5 heteroatoms. The van der Waals surface area contributed by atoms with Gasteiger partial charge in [-0.3, -0.25) is 4.79 Å². The monoisotopic (exact) mass is 271 g/mol. The Kier molecular flexibility index (Phi) is 7.16. The van der Waals surface area contributed by atoms with Crippen molar-refractivity contribution in [3.05, 3.63) is 29.8 Å². The Morgan fingerprint density at radius 3 is 2.88 bits per heavy atom. The Morgan fingerprint density at radius 2 is 2.18 bits per heavy atom. The number of nitrogens with one attached hydrogen (secondary N) is 1. The molecule has 0 bridgehead atoms. The van der Waals surface area contributed by atoms with E-state index in [1.807, 2.05) is 25.2 Å². The van der Waals surface area contributed by atoms with Crippen LogP contribution < -0.4 is 5.32 Å². The van der Waals surface area contributed by atoms with Crippen LogP contribution in [0, 0.1) is 0 Å². The summed E-state index contributed by atoms with van der Waals surface area (Å²) in [6, 6.07) is 8.00. The fourth-order valence-electron chi connectivity index (χ4n) is 1.13. The van der Waals surface area contributed by atoms with Crippen molar-refractivity contribution < 1.29 is 9.53 Å². The number of ether oxygens (including phenoxy) is 1. The number of benzene rings is 1. The molecule has 1 N–H and O–H groups in total. The van der Waals surface area contributed by atoms with Crippen LogP contribution in [0.1, 0.15) is 12.5 Å². The van der Waals surface area contributed by atoms with Gasteiger partial charge in [0.05, 0.1) is 0 Å². The van der Waals surface area contributed by atoms with E-state index in [-0.39, 0.29) is 5.97 Å². The van der Waals surface area contributed by atoms with Crippen LogP contribution >= 0.6 is 21.6 Å². The average Bonchev–Trinajstić information content (AvgIpc) is 2.33. The van der Waals surface area contributed by atoms with Crippen LogP contribution in [0.25, 0.3) is 0 Å². The second kappa shape index (κ2) is 8.44. The molecular formula is C12H17NO2S2. The normalized spacial score (nSPS) is 10.2. The average molecular weight is 271 g/mol. The van der Waals surface area contributed by atoms with Crippen molar-refractivity contribution >= 4 is 27.6 Å². The van der Waals surface area contributed by atoms with Gasteiger partial charge in [-0.15, -0.1) is 0 Å². The molecule has 17 heavy (non-hydrogen) atoms. The topological polar surface area (TPSA) is 38.3 Å². The van der Waals surface area contributed by atoms with E-state index in [2.05, 4.69) is 11.4 Å². The number of esters is 1. The van der Waals surface area contributed by atoms with E-state index < -0.39 is 0 Å². The van der Waals surface area contributed by atoms with Crippen molar-refractivity contribution in [3.63, 3.8) is 0 Å². The zero-order chi connectivity index (χ0) is 12.5. The van der Waals surface area contributed by atoms with Gasteiger partial charge in [0.25, 0.3) is 0 Å². The molecule has 3 nitrogen and oxygen atoms in total. The molecule has 0 atom stereocenters. The highest BCUT2D eigenvalue weighted by Gasteiger charge is 2.04. The van der Waals surface area contributed by atoms with E-state index in [1.54, 1.807) is 21.6 Å². The molecule has 1 rings (SSSR count). The van der Waals surface area contributed by atoms with Crippen LogP contribution in [0.2, 0.25) is 0 Å². The Balaban J connectivity index is 2.48. The molecule has 0 fully saturated rings. The molecule has 0 saturated heterocycles. The summed E-state index contributed by atoms with van der Waals surface area (Å²) in [6.07, 6.45) is 0. The predicted molar refractivity (Wildman–Crippen MR) is 74.2 cm³/mol. The zero-order valence-corrected chi connectivity index (χ0v) is 11.7. The van der Waals surface area contributed by atoms with Gasteiger partial charge in [-0.05, 0) is 13.1 Å². The first-order chi connectivity index (χ1) is 8.24. The lowest BCUT2D eigenvalue weighted by Gasteiger charge is -2.08. The van der Waals surface area contributed by atoms with Crippen LogP contribution in [0.5, 0.6) is 0 Å². The van der Waals surface area contributed by atoms with Gasteiger partial charge >= 0.3 is 5.97 Å². The largest absolute Gasteiger partial charge is 0.461 e. The maximum atomic E-state index is 10.8. The Morgan fingerprint density at radius 1 is 1.41 bits per heavy atom. The minimum absolute atomic E-state index is 0.243. The second-order valence-corrected chi connectivity index (χ2v) is 5.85. The molecule has 0 aliphatic rings. The van der Waals surface area contributed by atoms with Gasteiger partial charge in [-0.25, -0.2) is 0 Å². The molecule has 0 amide bonds. The maximum Gasteiger partial charge on any atom is 0.302 e. The fraction of sp³-hybridized carbons (Fsp3) is 0.417. The summed E-state index contributed by atoms with van der Waals surface area (Å²) in [5, 5.41) is 3.11. The molecule has 0 aromatic heterocycles. The minimum atomic E-state index is -0.243. The fourth-order valence-corrected chi connectivity index (χ4v) is 3.37. The summed E-state index contributed by atoms with van der Waals surface area (Å²) in [4.78, 5) is 11.9. The number of rotatable bonds is 7. The molecule has 1 aromatic carbocycles. The number of carbonyl (C=O) groups is 1. The highest BCUT2D eigenvalue weighted by molar-refractivity contribution is 8.76. The van der Waals surface area contributed by atoms with Crippen molar-refractivity contribution in [2.75, 3.05) is 19.3 Å². The highest BCUT2D eigenvalue weighted by Crippen LogP contribution is 2.33. The van der Waals surface area contributed by atoms with Gasteiger partial charge < -0.3 is 10.1 Å². The second-order valence-electron chi connectivity index (χ2n) is 3.40. The summed E-state index contributed by atoms with van der Waals surface area (Å²) in [5.74, 6) is 0.802. The minimum Gasteiger partial charge on any atom is -0.461 e. The first kappa shape index (κ1) is 14.4. The van der Waals surface area contributed by atoms with Crippen LogP contribution in [-0.2, 0) is 16.1 Å². The van der Waals surface area contributed by atoms with Crippen molar-refractivity contribution in [1.82, 2.24) is 5.32 Å². The van der Waals surface area contributed by atoms with Gasteiger partial charge in [0.15, 0.2) is 0 Å². The first-order valence-corrected chi connectivity index (χ1v) is 7.71. The number of hydrogen-bond donors (Lipinski definition) is 1. The van der Waals surface area contributed by atoms with Gasteiger partial charge in [-0.1, -0.05) is 39.8 Å². The summed E-state index contributed by atoms with van der Waals surface area (Å²) in [7, 11) is 5.46. The molecule has 0 spiro atoms. The third-order valence-electron chi connectivity index (χ3n) is 1.99. The van der Waals surface area contributed by atoms with Crippen molar-refractivity contribution in [2.24, 2.45) is 0 Å². The standard InChI is InChI=1S/C12H17NO2S2/c1-10(14)15-9-11-5-3-4-6-12(11)17-16-8-7-13-2/h3-6,13H,7-9H2,1-2H3. The van der Waals surface area contributed by atoms with Gasteiger partial charge in [-0.2, -0.15) is 0 Å². The Bertz CT molecular complexity index is 358. The first-order valence-electron chi connectivity index (χ1n) is 5.39. The van der Waals surface area contributed by atoms with Crippen molar-refractivity contribution in [3.8, 4) is 0 Å². The van der Waals surface area contributed by atoms with E-state index in [1.165, 1.54) is 6.92 Å². The molecule has 0 unspecified atom stereocenters. The van der Waals surface area contributed by atoms with Crippen LogP contribution in [0.4, 0.5) is 0 Å². The van der Waals surface area contributed by atoms with Crippen molar-refractivity contribution in [1.29, 1.82) is 0 Å². The van der Waals surface area contributed by atoms with Gasteiger partial charge in [0.1, 0.15) is 6.61 Å². The summed E-state index contributed by atoms with van der Waals surface area (Å²) in [6.45, 7) is 2.77. The lowest BCUT2D eigenvalue weighted by atomic mass is 10.2. The molecule has 0 radical (unpaired) electrons. The lowest BCUT2D eigenvalue weighted by molar-refractivity contribution is -0.142. The molecule has 94 valence electrons. The van der Waals surface area contributed by atoms with E-state index >= 15 is 0 Å². The van der Waals surface area contributed by atoms with E-state index in [0.717, 1.165) is 22.8 Å². The maximum absolute atomic E-state index is 10.8. The van der Waals surface area contributed by atoms with Gasteiger partial charge in [0.2, 0.25) is 0 Å². The third kappa shape index (κ3) is 6.00. The predicted octanol–water partition coefficient (Wildman–Crippen LogP) is 2.71. The summed E-state index contributed by atoms with van der Waals surface area (Å²) in [5.41, 5.74) is 1.06. The quantitative estimate of drug-likeness (QED) is 0.469. The highest BCUT2D eigenvalue weighted by atomic mass is 33.1. The number of carbonyl (C=O) groups excluding carboxylic acids is 1. The van der Waals surface area contributed by atoms with Gasteiger partial charge in [0, 0.05) is 29.7 Å². The SMILES string of the molecule is CNCCSSc1ccccc1COC(C)=O. The molecule has 1 aromatic rings. The van der Waals surface area contributed by atoms with Crippen LogP contribution in [0.3, 0.4) is 0 Å². The van der Waals surface area contributed by atoms with E-state index in [0.29, 0.717) is 6.61 Å². The van der Waals surface area contributed by atoms with Crippen molar-refractivity contribution in [2.45, 2.75) is 18.4 Å². The Hall–Kier alpha value is -0.650. The summed E-state index contributed by atoms with van der Waals surface area (Å²) < 4.78 is 5.02. The number of hydrogen-bond acceptors (Lipinski definition) is 5. The van der Waals surface area contributed by atoms with E-state index in [9.17, 15) is 4.79 Å². The molecule has 0 aliphatic carbocycles. The molecule has 0 aliphatic heterocycles. The smallest absolute Gasteiger partial charge is 0.302 e. The Labute approximate surface area is 110 Å².